The number of likely N-dealkylation sites (tertiary alicyclic amines) is 3. The summed E-state index contributed by atoms with van der Waals surface area (Å²) >= 11 is 0. The fourth-order valence-electron chi connectivity index (χ4n) is 8.50. The molecular formula is C40H50N6O5. The first-order chi connectivity index (χ1) is 24.4. The summed E-state index contributed by atoms with van der Waals surface area (Å²) in [4.78, 5) is 60.9. The second-order valence-electron chi connectivity index (χ2n) is 16.3. The molecule has 3 aliphatic heterocycles. The second kappa shape index (κ2) is 13.6. The largest absolute Gasteiger partial charge is 0.374 e. The molecule has 51 heavy (non-hydrogen) atoms. The number of carbonyl (C=O) groups is 4. The maximum absolute atomic E-state index is 14.3. The molecule has 5 fully saturated rings. The fraction of sp³-hybridized carbons (Fsp3) is 0.525. The smallest absolute Gasteiger partial charge is 0.257 e. The Kier molecular flexibility index (Phi) is 9.28. The lowest BCUT2D eigenvalue weighted by Crippen LogP contribution is -2.67. The minimum absolute atomic E-state index is 0.000728. The zero-order chi connectivity index (χ0) is 36.0. The predicted molar refractivity (Wildman–Crippen MR) is 192 cm³/mol. The second-order valence-corrected chi connectivity index (χ2v) is 16.3. The molecule has 11 heteroatoms. The summed E-state index contributed by atoms with van der Waals surface area (Å²) in [5.41, 5.74) is 1.94. The van der Waals surface area contributed by atoms with Crippen molar-refractivity contribution in [3.8, 4) is 0 Å². The Hall–Kier alpha value is -4.51. The maximum atomic E-state index is 14.3. The van der Waals surface area contributed by atoms with Gasteiger partial charge in [0.05, 0.1) is 37.4 Å². The zero-order valence-electron chi connectivity index (χ0n) is 29.9. The topological polar surface area (TPSA) is 117 Å². The van der Waals surface area contributed by atoms with E-state index in [4.69, 9.17) is 4.74 Å². The number of carbonyl (C=O) groups excluding carboxylic acids is 4. The van der Waals surface area contributed by atoms with Crippen molar-refractivity contribution in [1.29, 1.82) is 0 Å². The van der Waals surface area contributed by atoms with Crippen LogP contribution in [0.2, 0.25) is 0 Å². The minimum Gasteiger partial charge on any atom is -0.374 e. The van der Waals surface area contributed by atoms with Gasteiger partial charge in [0.2, 0.25) is 17.7 Å². The highest BCUT2D eigenvalue weighted by Crippen LogP contribution is 2.55. The molecule has 3 saturated heterocycles. The average Bonchev–Trinajstić information content (AvgIpc) is 3.37. The van der Waals surface area contributed by atoms with E-state index in [2.05, 4.69) is 37.4 Å². The Bertz CT molecular complexity index is 1730. The van der Waals surface area contributed by atoms with E-state index in [0.717, 1.165) is 30.4 Å². The Morgan fingerprint density at radius 2 is 1.71 bits per heavy atom. The highest BCUT2D eigenvalue weighted by molar-refractivity contribution is 5.96. The first-order valence-electron chi connectivity index (χ1n) is 18.2. The monoisotopic (exact) mass is 694 g/mol. The molecule has 3 atom stereocenters. The quantitative estimate of drug-likeness (QED) is 0.320. The number of rotatable bonds is 13. The SMILES string of the molecule is C=C/C=C(\C=C)COC[C@H](NC(=O)C1CN(C(=O)c2cnn(Cc3ccccc3)c2)CC12CN(C(=O)[C@H]1CC1(C)C)C2)C(=O)N1CC2(CCC2)C1. The molecule has 4 amide bonds. The van der Waals surface area contributed by atoms with Gasteiger partial charge in [-0.15, -0.1) is 0 Å². The minimum atomic E-state index is -0.882. The van der Waals surface area contributed by atoms with E-state index < -0.39 is 17.4 Å². The lowest BCUT2D eigenvalue weighted by molar-refractivity contribution is -0.157. The van der Waals surface area contributed by atoms with Crippen LogP contribution in [0.5, 0.6) is 0 Å². The van der Waals surface area contributed by atoms with Gasteiger partial charge in [0.1, 0.15) is 6.04 Å². The van der Waals surface area contributed by atoms with Gasteiger partial charge in [-0.05, 0) is 35.8 Å². The van der Waals surface area contributed by atoms with Crippen LogP contribution in [-0.2, 0) is 25.7 Å². The molecule has 1 N–H and O–H groups in total. The van der Waals surface area contributed by atoms with E-state index in [1.807, 2.05) is 40.1 Å². The number of ether oxygens (including phenoxy) is 1. The third-order valence-corrected chi connectivity index (χ3v) is 12.0. The summed E-state index contributed by atoms with van der Waals surface area (Å²) in [6, 6.07) is 9.03. The molecule has 2 saturated carbocycles. The van der Waals surface area contributed by atoms with Crippen molar-refractivity contribution < 1.29 is 23.9 Å². The molecular weight excluding hydrogens is 644 g/mol. The lowest BCUT2D eigenvalue weighted by Gasteiger charge is -2.56. The molecule has 5 aliphatic rings. The predicted octanol–water partition coefficient (Wildman–Crippen LogP) is 3.69. The first-order valence-corrected chi connectivity index (χ1v) is 18.2. The highest BCUT2D eigenvalue weighted by Gasteiger charge is 2.62. The molecule has 1 unspecified atom stereocenters. The van der Waals surface area contributed by atoms with Crippen LogP contribution in [-0.4, -0.2) is 107 Å². The van der Waals surface area contributed by atoms with Gasteiger partial charge in [-0.2, -0.15) is 5.10 Å². The maximum Gasteiger partial charge on any atom is 0.257 e. The van der Waals surface area contributed by atoms with Crippen LogP contribution in [0.4, 0.5) is 0 Å². The van der Waals surface area contributed by atoms with Crippen LogP contribution in [0.1, 0.15) is 55.5 Å². The van der Waals surface area contributed by atoms with Gasteiger partial charge in [0.25, 0.3) is 5.91 Å². The molecule has 4 heterocycles. The average molecular weight is 695 g/mol. The normalized spacial score (nSPS) is 24.3. The third kappa shape index (κ3) is 6.92. The Morgan fingerprint density at radius 1 is 1.00 bits per heavy atom. The molecule has 1 aromatic heterocycles. The van der Waals surface area contributed by atoms with Crippen LogP contribution in [0.15, 0.2) is 79.7 Å². The van der Waals surface area contributed by atoms with E-state index in [-0.39, 0.29) is 60.1 Å². The van der Waals surface area contributed by atoms with Gasteiger partial charge in [-0.25, -0.2) is 0 Å². The number of allylic oxidation sites excluding steroid dienone is 2. The van der Waals surface area contributed by atoms with Crippen molar-refractivity contribution >= 4 is 23.6 Å². The summed E-state index contributed by atoms with van der Waals surface area (Å²) in [6.07, 6.45) is 12.8. The Labute approximate surface area is 300 Å². The van der Waals surface area contributed by atoms with Crippen LogP contribution in [0.3, 0.4) is 0 Å². The number of hydrogen-bond acceptors (Lipinski definition) is 6. The summed E-state index contributed by atoms with van der Waals surface area (Å²) in [5.74, 6) is -1.15. The van der Waals surface area contributed by atoms with E-state index in [1.165, 1.54) is 6.42 Å². The van der Waals surface area contributed by atoms with Gasteiger partial charge < -0.3 is 24.8 Å². The molecule has 2 aliphatic carbocycles. The highest BCUT2D eigenvalue weighted by atomic mass is 16.5. The van der Waals surface area contributed by atoms with E-state index >= 15 is 0 Å². The molecule has 11 nitrogen and oxygen atoms in total. The van der Waals surface area contributed by atoms with Gasteiger partial charge in [-0.1, -0.05) is 82.0 Å². The van der Waals surface area contributed by atoms with Crippen LogP contribution >= 0.6 is 0 Å². The molecule has 0 bridgehead atoms. The van der Waals surface area contributed by atoms with Crippen LogP contribution < -0.4 is 5.32 Å². The standard InChI is InChI=1S/C40H50N6O5/c1-5-11-28(6-2)21-51-22-33(37(50)44-23-39(24-44)14-10-15-39)42-34(47)32-20-43(25-40(32)26-45(27-40)36(49)31-16-38(31,3)4)35(48)30-17-41-46(19-30)18-29-12-8-7-9-13-29/h5-9,11-13,17,19,31-33H,1-2,10,14-16,18,20-27H2,3-4H3,(H,42,47)/b28-11+/t31-,32?,33+/m1/s1. The first kappa shape index (κ1) is 34.9. The summed E-state index contributed by atoms with van der Waals surface area (Å²) in [5, 5.41) is 7.50. The lowest BCUT2D eigenvalue weighted by atomic mass is 9.63. The Balaban J connectivity index is 1.07. The fourth-order valence-corrected chi connectivity index (χ4v) is 8.50. The van der Waals surface area contributed by atoms with Crippen molar-refractivity contribution in [2.45, 2.75) is 52.1 Å². The van der Waals surface area contributed by atoms with Gasteiger partial charge in [-0.3, -0.25) is 23.9 Å². The van der Waals surface area contributed by atoms with E-state index in [1.54, 1.807) is 40.2 Å². The van der Waals surface area contributed by atoms with Crippen LogP contribution in [0, 0.1) is 28.1 Å². The molecule has 1 aromatic carbocycles. The van der Waals surface area contributed by atoms with Crippen molar-refractivity contribution in [3.05, 3.63) is 90.8 Å². The van der Waals surface area contributed by atoms with Crippen molar-refractivity contribution in [3.63, 3.8) is 0 Å². The number of hydrogen-bond donors (Lipinski definition) is 1. The molecule has 2 spiro atoms. The molecule has 0 radical (unpaired) electrons. The van der Waals surface area contributed by atoms with Gasteiger partial charge >= 0.3 is 0 Å². The molecule has 2 aromatic rings. The number of aromatic nitrogens is 2. The zero-order valence-corrected chi connectivity index (χ0v) is 29.9. The summed E-state index contributed by atoms with van der Waals surface area (Å²) in [6.45, 7) is 15.2. The van der Waals surface area contributed by atoms with Gasteiger partial charge in [0, 0.05) is 62.2 Å². The number of nitrogens with zero attached hydrogens (tertiary/aromatic N) is 5. The third-order valence-electron chi connectivity index (χ3n) is 12.0. The van der Waals surface area contributed by atoms with Crippen molar-refractivity contribution in [2.75, 3.05) is 52.5 Å². The number of amides is 4. The van der Waals surface area contributed by atoms with E-state index in [9.17, 15) is 19.2 Å². The van der Waals surface area contributed by atoms with Crippen molar-refractivity contribution in [2.24, 2.45) is 28.1 Å². The number of nitrogens with one attached hydrogen (secondary N) is 1. The van der Waals surface area contributed by atoms with E-state index in [0.29, 0.717) is 44.8 Å². The molecule has 7 rings (SSSR count). The summed E-state index contributed by atoms with van der Waals surface area (Å²) in [7, 11) is 0. The van der Waals surface area contributed by atoms with Gasteiger partial charge in [0.15, 0.2) is 0 Å². The van der Waals surface area contributed by atoms with Crippen molar-refractivity contribution in [1.82, 2.24) is 29.8 Å². The Morgan fingerprint density at radius 3 is 2.33 bits per heavy atom. The number of benzene rings is 1. The molecule has 270 valence electrons. The summed E-state index contributed by atoms with van der Waals surface area (Å²) < 4.78 is 7.71. The van der Waals surface area contributed by atoms with Crippen LogP contribution in [0.25, 0.3) is 0 Å².